The van der Waals surface area contributed by atoms with Gasteiger partial charge in [-0.25, -0.2) is 4.98 Å². The van der Waals surface area contributed by atoms with E-state index in [1.165, 1.54) is 0 Å². The minimum absolute atomic E-state index is 0.354. The van der Waals surface area contributed by atoms with Gasteiger partial charge < -0.3 is 10.2 Å². The zero-order valence-electron chi connectivity index (χ0n) is 32.5. The first-order valence-electron chi connectivity index (χ1n) is 19.6. The van der Waals surface area contributed by atoms with Crippen molar-refractivity contribution in [3.8, 4) is 54.9 Å². The van der Waals surface area contributed by atoms with Crippen molar-refractivity contribution in [2.75, 3.05) is 0 Å². The lowest BCUT2D eigenvalue weighted by atomic mass is 9.91. The molecule has 0 amide bonds. The first-order valence-corrected chi connectivity index (χ1v) is 21.2. The Balaban J connectivity index is 1.37. The Labute approximate surface area is 334 Å². The molecule has 0 aliphatic rings. The number of fused-ring (bicyclic) bond motifs is 2. The zero-order chi connectivity index (χ0) is 38.6. The van der Waals surface area contributed by atoms with Crippen LogP contribution in [0.3, 0.4) is 0 Å². The van der Waals surface area contributed by atoms with Crippen LogP contribution in [-0.4, -0.2) is 15.2 Å². The molecule has 7 rings (SSSR count). The summed E-state index contributed by atoms with van der Waals surface area (Å²) < 4.78 is 2.31. The number of aromatic nitrogens is 1. The average molecular weight is 762 g/mol. The summed E-state index contributed by atoms with van der Waals surface area (Å²) in [6.07, 6.45) is 10.6. The predicted octanol–water partition coefficient (Wildman–Crippen LogP) is 14.9. The lowest BCUT2D eigenvalue weighted by Crippen LogP contribution is -2.00. The van der Waals surface area contributed by atoms with E-state index >= 15 is 0 Å². The van der Waals surface area contributed by atoms with Gasteiger partial charge >= 0.3 is 0 Å². The molecular formula is C50H51NO2S2. The first-order chi connectivity index (χ1) is 26.7. The Morgan fingerprint density at radius 1 is 0.655 bits per heavy atom. The van der Waals surface area contributed by atoms with Crippen molar-refractivity contribution in [1.29, 1.82) is 0 Å². The topological polar surface area (TPSA) is 53.4 Å². The van der Waals surface area contributed by atoms with Crippen molar-refractivity contribution >= 4 is 42.8 Å². The van der Waals surface area contributed by atoms with Gasteiger partial charge in [0.05, 0.1) is 11.4 Å². The van der Waals surface area contributed by atoms with Gasteiger partial charge in [0.1, 0.15) is 11.5 Å². The van der Waals surface area contributed by atoms with Gasteiger partial charge in [-0.3, -0.25) is 0 Å². The number of allylic oxidation sites excluding steroid dienone is 2. The van der Waals surface area contributed by atoms with Gasteiger partial charge in [0.25, 0.3) is 0 Å². The second-order valence-electron chi connectivity index (χ2n) is 15.2. The monoisotopic (exact) mass is 761 g/mol. The fraction of sp³-hybridized carbons (Fsp3) is 0.260. The third kappa shape index (κ3) is 7.92. The molecule has 7 aromatic rings. The maximum Gasteiger partial charge on any atom is 0.127 e. The van der Waals surface area contributed by atoms with Crippen molar-refractivity contribution in [3.05, 3.63) is 139 Å². The van der Waals surface area contributed by atoms with E-state index in [2.05, 4.69) is 132 Å². The molecule has 3 nitrogen and oxygen atoms in total. The molecule has 0 saturated carbocycles. The molecule has 4 aromatic carbocycles. The molecule has 5 heteroatoms. The SMILES string of the molecule is C=CCC(C)CCc1cc(C)cc(-c2sc3ccccc3c2-c2cccc(-c3c(-c4cc(C)cc(CCC(CC)CC=C)c4O)sc4ccccc34)n2)c1O. The molecular weight excluding hydrogens is 711 g/mol. The molecule has 2 atom stereocenters. The third-order valence-corrected chi connectivity index (χ3v) is 13.4. The standard InChI is InChI=1S/C50H51NO2S2/c1-7-15-31(4)23-25-35-27-32(5)29-39(47(35)52)49-45(37-17-10-12-21-43(37)54-49)41-19-14-20-42(51-41)46-38-18-11-13-22-44(38)55-50(46)40-30-33(6)28-36(48(40)53)26-24-34(9-3)16-8-2/h7-8,10-14,17-22,27-31,34,52-53H,1-2,9,15-16,23-26H2,3-6H3. The van der Waals surface area contributed by atoms with Crippen LogP contribution < -0.4 is 0 Å². The summed E-state index contributed by atoms with van der Waals surface area (Å²) in [5.41, 5.74) is 9.71. The first kappa shape index (κ1) is 38.3. The number of hydrogen-bond acceptors (Lipinski definition) is 5. The van der Waals surface area contributed by atoms with E-state index in [1.807, 2.05) is 12.2 Å². The molecule has 3 aromatic heterocycles. The Kier molecular flexibility index (Phi) is 11.7. The largest absolute Gasteiger partial charge is 0.507 e. The van der Waals surface area contributed by atoms with Crippen LogP contribution >= 0.6 is 22.7 Å². The molecule has 0 aliphatic carbocycles. The lowest BCUT2D eigenvalue weighted by Gasteiger charge is -2.16. The second kappa shape index (κ2) is 16.8. The maximum atomic E-state index is 12.0. The third-order valence-electron chi connectivity index (χ3n) is 11.0. The van der Waals surface area contributed by atoms with Crippen molar-refractivity contribution < 1.29 is 10.2 Å². The van der Waals surface area contributed by atoms with Gasteiger partial charge in [-0.2, -0.15) is 0 Å². The van der Waals surface area contributed by atoms with Crippen LogP contribution in [0.5, 0.6) is 11.5 Å². The summed E-state index contributed by atoms with van der Waals surface area (Å²) in [6, 6.07) is 31.8. The van der Waals surface area contributed by atoms with Crippen LogP contribution in [-0.2, 0) is 12.8 Å². The van der Waals surface area contributed by atoms with Crippen molar-refractivity contribution in [2.24, 2.45) is 11.8 Å². The van der Waals surface area contributed by atoms with Gasteiger partial charge in [-0.1, -0.05) is 87.0 Å². The highest BCUT2D eigenvalue weighted by Gasteiger charge is 2.24. The summed E-state index contributed by atoms with van der Waals surface area (Å²) in [5, 5.41) is 26.1. The number of pyridine rings is 1. The molecule has 2 unspecified atom stereocenters. The fourth-order valence-corrected chi connectivity index (χ4v) is 10.5. The Morgan fingerprint density at radius 2 is 1.15 bits per heavy atom. The van der Waals surface area contributed by atoms with Crippen LogP contribution in [0.15, 0.2) is 116 Å². The van der Waals surface area contributed by atoms with Crippen LogP contribution in [0.1, 0.15) is 68.2 Å². The number of phenolic OH excluding ortho intramolecular Hbond substituents is 2. The predicted molar refractivity (Wildman–Crippen MR) is 239 cm³/mol. The van der Waals surface area contributed by atoms with Gasteiger partial charge in [0.15, 0.2) is 0 Å². The number of hydrogen-bond donors (Lipinski definition) is 2. The van der Waals surface area contributed by atoms with E-state index in [1.54, 1.807) is 22.7 Å². The van der Waals surface area contributed by atoms with E-state index in [0.717, 1.165) is 131 Å². The van der Waals surface area contributed by atoms with Gasteiger partial charge in [0, 0.05) is 52.2 Å². The van der Waals surface area contributed by atoms with E-state index in [4.69, 9.17) is 4.98 Å². The molecule has 0 radical (unpaired) electrons. The number of nitrogens with zero attached hydrogens (tertiary/aromatic N) is 1. The maximum absolute atomic E-state index is 12.0. The number of aryl methyl sites for hydroxylation is 4. The Bertz CT molecular complexity index is 2500. The van der Waals surface area contributed by atoms with Crippen molar-refractivity contribution in [2.45, 2.75) is 72.6 Å². The molecule has 3 heterocycles. The van der Waals surface area contributed by atoms with Crippen LogP contribution in [0, 0.1) is 25.7 Å². The van der Waals surface area contributed by atoms with Gasteiger partial charge in [-0.15, -0.1) is 35.8 Å². The Hall–Kier alpha value is -4.97. The lowest BCUT2D eigenvalue weighted by molar-refractivity contribution is 0.450. The van der Waals surface area contributed by atoms with Crippen LogP contribution in [0.2, 0.25) is 0 Å². The average Bonchev–Trinajstić information content (AvgIpc) is 3.77. The van der Waals surface area contributed by atoms with E-state index < -0.39 is 0 Å². The zero-order valence-corrected chi connectivity index (χ0v) is 34.1. The quantitative estimate of drug-likeness (QED) is 0.102. The highest BCUT2D eigenvalue weighted by atomic mass is 32.1. The summed E-state index contributed by atoms with van der Waals surface area (Å²) in [5.74, 6) is 1.76. The van der Waals surface area contributed by atoms with Crippen molar-refractivity contribution in [3.63, 3.8) is 0 Å². The van der Waals surface area contributed by atoms with Gasteiger partial charge in [0.2, 0.25) is 0 Å². The molecule has 0 aliphatic heterocycles. The molecule has 2 N–H and O–H groups in total. The smallest absolute Gasteiger partial charge is 0.127 e. The van der Waals surface area contributed by atoms with Crippen LogP contribution in [0.25, 0.3) is 63.6 Å². The summed E-state index contributed by atoms with van der Waals surface area (Å²) in [7, 11) is 0. The molecule has 55 heavy (non-hydrogen) atoms. The second-order valence-corrected chi connectivity index (χ2v) is 17.3. The van der Waals surface area contributed by atoms with Gasteiger partial charge in [-0.05, 0) is 123 Å². The molecule has 0 fully saturated rings. The number of phenols is 2. The number of benzene rings is 4. The molecule has 280 valence electrons. The molecule has 0 spiro atoms. The highest BCUT2D eigenvalue weighted by molar-refractivity contribution is 7.23. The van der Waals surface area contributed by atoms with E-state index in [9.17, 15) is 10.2 Å². The van der Waals surface area contributed by atoms with Crippen molar-refractivity contribution in [1.82, 2.24) is 4.98 Å². The fourth-order valence-electron chi connectivity index (χ4n) is 8.02. The normalized spacial score (nSPS) is 12.7. The minimum Gasteiger partial charge on any atom is -0.507 e. The Morgan fingerprint density at radius 3 is 1.64 bits per heavy atom. The highest BCUT2D eigenvalue weighted by Crippen LogP contribution is 2.51. The summed E-state index contributed by atoms with van der Waals surface area (Å²) in [6.45, 7) is 16.6. The van der Waals surface area contributed by atoms with Crippen LogP contribution in [0.4, 0.5) is 0 Å². The number of aromatic hydroxyl groups is 2. The van der Waals surface area contributed by atoms with E-state index in [0.29, 0.717) is 23.3 Å². The van der Waals surface area contributed by atoms with E-state index in [-0.39, 0.29) is 0 Å². The number of thiophene rings is 2. The summed E-state index contributed by atoms with van der Waals surface area (Å²) >= 11 is 3.42. The number of rotatable bonds is 15. The molecule has 0 saturated heterocycles. The minimum atomic E-state index is 0.354. The molecule has 0 bridgehead atoms. The summed E-state index contributed by atoms with van der Waals surface area (Å²) in [4.78, 5) is 7.52.